The van der Waals surface area contributed by atoms with Gasteiger partial charge in [-0.05, 0) is 25.3 Å². The predicted octanol–water partition coefficient (Wildman–Crippen LogP) is 0.512. The van der Waals surface area contributed by atoms with E-state index in [2.05, 4.69) is 9.88 Å². The highest BCUT2D eigenvalue weighted by Crippen LogP contribution is 2.19. The smallest absolute Gasteiger partial charge is 0.274 e. The first-order valence-electron chi connectivity index (χ1n) is 7.52. The number of aromatic nitrogens is 1. The monoisotopic (exact) mass is 312 g/mol. The van der Waals surface area contributed by atoms with Crippen LogP contribution < -0.4 is 9.88 Å². The van der Waals surface area contributed by atoms with E-state index >= 15 is 0 Å². The fourth-order valence-corrected chi connectivity index (χ4v) is 4.21. The maximum atomic E-state index is 12.5. The minimum atomic E-state index is -3.41. The summed E-state index contributed by atoms with van der Waals surface area (Å²) in [5.41, 5.74) is 0. The van der Waals surface area contributed by atoms with Gasteiger partial charge in [-0.25, -0.2) is 13.4 Å². The third-order valence-electron chi connectivity index (χ3n) is 4.07. The molecule has 0 radical (unpaired) electrons. The van der Waals surface area contributed by atoms with Gasteiger partial charge in [0.15, 0.2) is 0 Å². The van der Waals surface area contributed by atoms with E-state index in [-0.39, 0.29) is 0 Å². The lowest BCUT2D eigenvalue weighted by Crippen LogP contribution is -2.41. The summed E-state index contributed by atoms with van der Waals surface area (Å²) in [6.07, 6.45) is 5.28. The normalized spacial score (nSPS) is 21.4. The molecule has 1 N–H and O–H groups in total. The van der Waals surface area contributed by atoms with Crippen LogP contribution in [0.5, 0.6) is 0 Å². The van der Waals surface area contributed by atoms with Crippen LogP contribution in [0.1, 0.15) is 19.3 Å². The Labute approximate surface area is 125 Å². The van der Waals surface area contributed by atoms with Gasteiger partial charge >= 0.3 is 0 Å². The van der Waals surface area contributed by atoms with E-state index in [1.807, 2.05) is 6.07 Å². The van der Waals surface area contributed by atoms with Crippen molar-refractivity contribution < 1.29 is 18.1 Å². The van der Waals surface area contributed by atoms with Gasteiger partial charge < -0.3 is 4.74 Å². The molecule has 116 valence electrons. The standard InChI is InChI=1S/C14H21N3O3S/c18-21(19,17-8-10-20-11-9-17)13-4-5-14(15-12-13)16-6-2-1-3-7-16/h4-5,12H,1-3,6-11H2/p+1. The third-order valence-corrected chi connectivity index (χ3v) is 5.97. The summed E-state index contributed by atoms with van der Waals surface area (Å²) < 4.78 is 31.7. The predicted molar refractivity (Wildman–Crippen MR) is 78.6 cm³/mol. The van der Waals surface area contributed by atoms with E-state index < -0.39 is 10.0 Å². The number of hydrogen-bond acceptors (Lipinski definition) is 4. The SMILES string of the molecule is O=S(=O)(c1ccc(N2CCCCC2)[nH+]c1)N1CCOCC1. The molecule has 0 atom stereocenters. The van der Waals surface area contributed by atoms with E-state index in [0.29, 0.717) is 31.2 Å². The summed E-state index contributed by atoms with van der Waals surface area (Å²) in [4.78, 5) is 5.74. The first-order chi connectivity index (χ1) is 10.2. The maximum absolute atomic E-state index is 12.5. The second-order valence-electron chi connectivity index (χ2n) is 5.47. The summed E-state index contributed by atoms with van der Waals surface area (Å²) in [5, 5.41) is 0. The second kappa shape index (κ2) is 6.29. The van der Waals surface area contributed by atoms with E-state index in [9.17, 15) is 8.42 Å². The molecule has 2 fully saturated rings. The molecule has 2 saturated heterocycles. The average molecular weight is 312 g/mol. The van der Waals surface area contributed by atoms with E-state index in [1.165, 1.54) is 23.6 Å². The van der Waals surface area contributed by atoms with Crippen LogP contribution in [0.4, 0.5) is 5.82 Å². The highest BCUT2D eigenvalue weighted by Gasteiger charge is 2.28. The van der Waals surface area contributed by atoms with Crippen molar-refractivity contribution in [3.05, 3.63) is 18.3 Å². The lowest BCUT2D eigenvalue weighted by Gasteiger charge is -2.26. The Bertz CT molecular complexity index is 562. The molecule has 0 aromatic carbocycles. The first-order valence-corrected chi connectivity index (χ1v) is 8.96. The number of morpholine rings is 1. The average Bonchev–Trinajstić information content (AvgIpc) is 2.57. The van der Waals surface area contributed by atoms with Crippen molar-refractivity contribution in [1.29, 1.82) is 0 Å². The molecule has 0 spiro atoms. The topological polar surface area (TPSA) is 64.0 Å². The molecule has 0 bridgehead atoms. The number of hydrogen-bond donors (Lipinski definition) is 0. The zero-order valence-corrected chi connectivity index (χ0v) is 12.9. The second-order valence-corrected chi connectivity index (χ2v) is 7.41. The number of ether oxygens (including phenoxy) is 1. The van der Waals surface area contributed by atoms with Crippen LogP contribution in [-0.2, 0) is 14.8 Å². The Balaban J connectivity index is 1.76. The molecule has 0 amide bonds. The maximum Gasteiger partial charge on any atom is 0.274 e. The highest BCUT2D eigenvalue weighted by atomic mass is 32.2. The van der Waals surface area contributed by atoms with Gasteiger partial charge in [0.05, 0.1) is 26.3 Å². The Morgan fingerprint density at radius 3 is 2.33 bits per heavy atom. The van der Waals surface area contributed by atoms with Crippen molar-refractivity contribution in [1.82, 2.24) is 4.31 Å². The number of piperidine rings is 1. The van der Waals surface area contributed by atoms with Crippen LogP contribution in [0.15, 0.2) is 23.2 Å². The molecular weight excluding hydrogens is 290 g/mol. The summed E-state index contributed by atoms with van der Waals surface area (Å²) in [5.74, 6) is 0.996. The summed E-state index contributed by atoms with van der Waals surface area (Å²) >= 11 is 0. The number of rotatable bonds is 3. The van der Waals surface area contributed by atoms with Crippen molar-refractivity contribution in [3.8, 4) is 0 Å². The van der Waals surface area contributed by atoms with Gasteiger partial charge in [-0.2, -0.15) is 4.31 Å². The molecule has 0 aliphatic carbocycles. The largest absolute Gasteiger partial charge is 0.379 e. The van der Waals surface area contributed by atoms with Crippen molar-refractivity contribution in [2.75, 3.05) is 44.3 Å². The Morgan fingerprint density at radius 1 is 1.00 bits per heavy atom. The lowest BCUT2D eigenvalue weighted by atomic mass is 10.1. The molecular formula is C14H22N3O3S+. The van der Waals surface area contributed by atoms with Gasteiger partial charge in [0.2, 0.25) is 10.0 Å². The molecule has 1 aromatic rings. The Morgan fingerprint density at radius 2 is 1.71 bits per heavy atom. The zero-order chi connectivity index (χ0) is 14.7. The summed E-state index contributed by atoms with van der Waals surface area (Å²) in [6.45, 7) is 3.86. The molecule has 0 saturated carbocycles. The Hall–Kier alpha value is -1.18. The number of sulfonamides is 1. The Kier molecular flexibility index (Phi) is 4.42. The van der Waals surface area contributed by atoms with Gasteiger partial charge in [0.25, 0.3) is 5.82 Å². The van der Waals surface area contributed by atoms with Crippen molar-refractivity contribution in [3.63, 3.8) is 0 Å². The molecule has 3 heterocycles. The van der Waals surface area contributed by atoms with Gasteiger partial charge in [0.1, 0.15) is 11.1 Å². The number of nitrogens with one attached hydrogen (secondary N) is 1. The summed E-state index contributed by atoms with van der Waals surface area (Å²) in [6, 6.07) is 3.57. The number of nitrogens with zero attached hydrogens (tertiary/aromatic N) is 2. The van der Waals surface area contributed by atoms with Crippen LogP contribution in [0.3, 0.4) is 0 Å². The molecule has 0 unspecified atom stereocenters. The molecule has 6 nitrogen and oxygen atoms in total. The minimum absolute atomic E-state index is 0.324. The highest BCUT2D eigenvalue weighted by molar-refractivity contribution is 7.89. The molecule has 1 aromatic heterocycles. The molecule has 21 heavy (non-hydrogen) atoms. The van der Waals surface area contributed by atoms with Gasteiger partial charge in [0, 0.05) is 19.2 Å². The van der Waals surface area contributed by atoms with E-state index in [1.54, 1.807) is 12.3 Å². The molecule has 7 heteroatoms. The van der Waals surface area contributed by atoms with Crippen LogP contribution in [0.25, 0.3) is 0 Å². The molecule has 2 aliphatic rings. The number of aromatic amines is 1. The lowest BCUT2D eigenvalue weighted by molar-refractivity contribution is -0.367. The van der Waals surface area contributed by atoms with Crippen LogP contribution in [0, 0.1) is 0 Å². The van der Waals surface area contributed by atoms with Gasteiger partial charge in [-0.1, -0.05) is 0 Å². The third kappa shape index (κ3) is 3.20. The van der Waals surface area contributed by atoms with Crippen LogP contribution in [-0.4, -0.2) is 52.1 Å². The van der Waals surface area contributed by atoms with Crippen molar-refractivity contribution >= 4 is 15.8 Å². The van der Waals surface area contributed by atoms with Crippen LogP contribution >= 0.6 is 0 Å². The fourth-order valence-electron chi connectivity index (χ4n) is 2.83. The minimum Gasteiger partial charge on any atom is -0.379 e. The number of anilines is 1. The van der Waals surface area contributed by atoms with Gasteiger partial charge in [-0.15, -0.1) is 0 Å². The van der Waals surface area contributed by atoms with Crippen molar-refractivity contribution in [2.24, 2.45) is 0 Å². The quantitative estimate of drug-likeness (QED) is 0.816. The zero-order valence-electron chi connectivity index (χ0n) is 12.1. The fraction of sp³-hybridized carbons (Fsp3) is 0.643. The van der Waals surface area contributed by atoms with Crippen molar-refractivity contribution in [2.45, 2.75) is 24.2 Å². The first kappa shape index (κ1) is 14.7. The van der Waals surface area contributed by atoms with E-state index in [4.69, 9.17) is 4.74 Å². The number of pyridine rings is 1. The number of H-pyrrole nitrogens is 1. The summed E-state index contributed by atoms with van der Waals surface area (Å²) in [7, 11) is -3.41. The van der Waals surface area contributed by atoms with Crippen LogP contribution in [0.2, 0.25) is 0 Å². The van der Waals surface area contributed by atoms with E-state index in [0.717, 1.165) is 18.9 Å². The molecule has 2 aliphatic heterocycles. The van der Waals surface area contributed by atoms with Gasteiger partial charge in [-0.3, -0.25) is 4.90 Å². The molecule has 3 rings (SSSR count).